The van der Waals surface area contributed by atoms with Gasteiger partial charge in [0.1, 0.15) is 5.75 Å². The molecule has 4 heteroatoms. The van der Waals surface area contributed by atoms with Crippen LogP contribution in [-0.4, -0.2) is 34.8 Å². The number of aromatic hydroxyl groups is 1. The Morgan fingerprint density at radius 2 is 1.78 bits per heavy atom. The standard InChI is InChI=1S/C19H23NO3/c21-17-7-5-15(6-8-17)19(23)16-9-11-20(12-10-16)18(22)13-14-3-1-2-4-14/h1,3,5-8,14,16,21H,2,4,9-13H2/t14-/m0/s1. The van der Waals surface area contributed by atoms with Gasteiger partial charge in [-0.1, -0.05) is 12.2 Å². The molecule has 0 aromatic heterocycles. The minimum atomic E-state index is -0.0185. The van der Waals surface area contributed by atoms with Crippen molar-refractivity contribution in [2.45, 2.75) is 32.1 Å². The highest BCUT2D eigenvalue weighted by Gasteiger charge is 2.28. The largest absolute Gasteiger partial charge is 0.508 e. The highest BCUT2D eigenvalue weighted by molar-refractivity contribution is 5.98. The molecule has 0 unspecified atom stereocenters. The average Bonchev–Trinajstić information content (AvgIpc) is 3.08. The lowest BCUT2D eigenvalue weighted by Crippen LogP contribution is -2.40. The maximum atomic E-state index is 12.5. The molecule has 3 rings (SSSR count). The quantitative estimate of drug-likeness (QED) is 0.686. The second-order valence-electron chi connectivity index (χ2n) is 6.54. The Hall–Kier alpha value is -2.10. The van der Waals surface area contributed by atoms with Gasteiger partial charge >= 0.3 is 0 Å². The first-order valence-corrected chi connectivity index (χ1v) is 8.41. The Morgan fingerprint density at radius 1 is 1.09 bits per heavy atom. The fourth-order valence-electron chi connectivity index (χ4n) is 3.47. The van der Waals surface area contributed by atoms with Crippen LogP contribution in [0, 0.1) is 11.8 Å². The van der Waals surface area contributed by atoms with Crippen molar-refractivity contribution in [2.75, 3.05) is 13.1 Å². The number of rotatable bonds is 4. The van der Waals surface area contributed by atoms with Gasteiger partial charge in [-0.2, -0.15) is 0 Å². The third-order valence-electron chi connectivity index (χ3n) is 4.92. The Labute approximate surface area is 136 Å². The van der Waals surface area contributed by atoms with Crippen LogP contribution in [0.25, 0.3) is 0 Å². The number of phenolic OH excluding ortho intramolecular Hbond substituents is 1. The highest BCUT2D eigenvalue weighted by atomic mass is 16.3. The molecule has 1 N–H and O–H groups in total. The van der Waals surface area contributed by atoms with Gasteiger partial charge in [0.15, 0.2) is 5.78 Å². The van der Waals surface area contributed by atoms with Crippen LogP contribution in [0.2, 0.25) is 0 Å². The van der Waals surface area contributed by atoms with Gasteiger partial charge in [0.25, 0.3) is 0 Å². The van der Waals surface area contributed by atoms with Crippen molar-refractivity contribution in [3.63, 3.8) is 0 Å². The maximum absolute atomic E-state index is 12.5. The monoisotopic (exact) mass is 313 g/mol. The van der Waals surface area contributed by atoms with E-state index in [4.69, 9.17) is 0 Å². The molecule has 122 valence electrons. The number of phenols is 1. The predicted molar refractivity (Wildman–Crippen MR) is 88.2 cm³/mol. The van der Waals surface area contributed by atoms with Crippen molar-refractivity contribution in [1.82, 2.24) is 4.90 Å². The summed E-state index contributed by atoms with van der Waals surface area (Å²) in [6.07, 6.45) is 8.53. The topological polar surface area (TPSA) is 57.6 Å². The number of Topliss-reactive ketones (excluding diaryl/α,β-unsaturated/α-hetero) is 1. The third kappa shape index (κ3) is 3.81. The van der Waals surface area contributed by atoms with Gasteiger partial charge in [0, 0.05) is 31.0 Å². The highest BCUT2D eigenvalue weighted by Crippen LogP contribution is 2.25. The van der Waals surface area contributed by atoms with Crippen LogP contribution in [0.5, 0.6) is 5.75 Å². The second kappa shape index (κ2) is 6.99. The van der Waals surface area contributed by atoms with E-state index in [1.54, 1.807) is 24.3 Å². The lowest BCUT2D eigenvalue weighted by atomic mass is 9.88. The van der Waals surface area contributed by atoms with Gasteiger partial charge in [-0.3, -0.25) is 9.59 Å². The van der Waals surface area contributed by atoms with E-state index in [2.05, 4.69) is 12.2 Å². The second-order valence-corrected chi connectivity index (χ2v) is 6.54. The SMILES string of the molecule is O=C(c1ccc(O)cc1)C1CCN(C(=O)C[C@H]2C=CCC2)CC1. The van der Waals surface area contributed by atoms with Crippen LogP contribution in [0.3, 0.4) is 0 Å². The molecule has 0 radical (unpaired) electrons. The normalized spacial score (nSPS) is 21.6. The summed E-state index contributed by atoms with van der Waals surface area (Å²) in [4.78, 5) is 26.7. The van der Waals surface area contributed by atoms with E-state index in [0.717, 1.165) is 25.7 Å². The molecule has 1 aliphatic carbocycles. The molecule has 1 amide bonds. The molecule has 4 nitrogen and oxygen atoms in total. The molecule has 1 atom stereocenters. The van der Waals surface area contributed by atoms with E-state index in [9.17, 15) is 14.7 Å². The molecule has 1 saturated heterocycles. The first-order valence-electron chi connectivity index (χ1n) is 8.41. The minimum Gasteiger partial charge on any atom is -0.508 e. The summed E-state index contributed by atoms with van der Waals surface area (Å²) < 4.78 is 0. The van der Waals surface area contributed by atoms with E-state index < -0.39 is 0 Å². The summed E-state index contributed by atoms with van der Waals surface area (Å²) in [5.74, 6) is 0.893. The van der Waals surface area contributed by atoms with Crippen LogP contribution >= 0.6 is 0 Å². The number of ketones is 1. The number of carbonyl (C=O) groups excluding carboxylic acids is 2. The van der Waals surface area contributed by atoms with E-state index >= 15 is 0 Å². The fraction of sp³-hybridized carbons (Fsp3) is 0.474. The lowest BCUT2D eigenvalue weighted by Gasteiger charge is -2.32. The first kappa shape index (κ1) is 15.8. The van der Waals surface area contributed by atoms with Crippen LogP contribution in [0.15, 0.2) is 36.4 Å². The zero-order valence-corrected chi connectivity index (χ0v) is 13.3. The molecule has 0 bridgehead atoms. The number of allylic oxidation sites excluding steroid dienone is 2. The molecule has 1 heterocycles. The summed E-state index contributed by atoms with van der Waals surface area (Å²) in [5, 5.41) is 9.30. The van der Waals surface area contributed by atoms with E-state index in [1.807, 2.05) is 4.90 Å². The average molecular weight is 313 g/mol. The number of benzene rings is 1. The molecule has 2 aliphatic rings. The van der Waals surface area contributed by atoms with Crippen LogP contribution < -0.4 is 0 Å². The van der Waals surface area contributed by atoms with Crippen LogP contribution in [0.4, 0.5) is 0 Å². The van der Waals surface area contributed by atoms with Crippen molar-refractivity contribution in [3.8, 4) is 5.75 Å². The van der Waals surface area contributed by atoms with Gasteiger partial charge in [0.05, 0.1) is 0 Å². The molecule has 0 saturated carbocycles. The molecule has 1 fully saturated rings. The summed E-state index contributed by atoms with van der Waals surface area (Å²) in [6.45, 7) is 1.34. The number of hydrogen-bond acceptors (Lipinski definition) is 3. The number of hydrogen-bond donors (Lipinski definition) is 1. The number of carbonyl (C=O) groups is 2. The zero-order chi connectivity index (χ0) is 16.2. The molecule has 1 aliphatic heterocycles. The molecule has 1 aromatic rings. The maximum Gasteiger partial charge on any atom is 0.223 e. The van der Waals surface area contributed by atoms with E-state index in [1.165, 1.54) is 0 Å². The molecular formula is C19H23NO3. The third-order valence-corrected chi connectivity index (χ3v) is 4.92. The summed E-state index contributed by atoms with van der Waals surface area (Å²) in [7, 11) is 0. The Balaban J connectivity index is 1.51. The number of piperidine rings is 1. The van der Waals surface area contributed by atoms with Crippen molar-refractivity contribution < 1.29 is 14.7 Å². The summed E-state index contributed by atoms with van der Waals surface area (Å²) in [5.41, 5.74) is 0.642. The van der Waals surface area contributed by atoms with Crippen LogP contribution in [-0.2, 0) is 4.79 Å². The van der Waals surface area contributed by atoms with Crippen molar-refractivity contribution in [1.29, 1.82) is 0 Å². The number of amides is 1. The summed E-state index contributed by atoms with van der Waals surface area (Å²) in [6, 6.07) is 6.42. The van der Waals surface area contributed by atoms with Gasteiger partial charge in [-0.15, -0.1) is 0 Å². The smallest absolute Gasteiger partial charge is 0.223 e. The minimum absolute atomic E-state index is 0.0185. The number of nitrogens with zero attached hydrogens (tertiary/aromatic N) is 1. The zero-order valence-electron chi connectivity index (χ0n) is 13.3. The number of likely N-dealkylation sites (tertiary alicyclic amines) is 1. The van der Waals surface area contributed by atoms with E-state index in [-0.39, 0.29) is 23.4 Å². The van der Waals surface area contributed by atoms with Crippen LogP contribution in [0.1, 0.15) is 42.5 Å². The Morgan fingerprint density at radius 3 is 2.39 bits per heavy atom. The molecular weight excluding hydrogens is 290 g/mol. The first-order chi connectivity index (χ1) is 11.1. The molecule has 1 aromatic carbocycles. The van der Waals surface area contributed by atoms with Gasteiger partial charge < -0.3 is 10.0 Å². The van der Waals surface area contributed by atoms with Crippen molar-refractivity contribution in [3.05, 3.63) is 42.0 Å². The lowest BCUT2D eigenvalue weighted by molar-refractivity contribution is -0.133. The Kier molecular flexibility index (Phi) is 4.79. The van der Waals surface area contributed by atoms with Gasteiger partial charge in [-0.25, -0.2) is 0 Å². The van der Waals surface area contributed by atoms with E-state index in [0.29, 0.717) is 31.0 Å². The van der Waals surface area contributed by atoms with Crippen molar-refractivity contribution in [2.24, 2.45) is 11.8 Å². The predicted octanol–water partition coefficient (Wildman–Crippen LogP) is 3.17. The summed E-state index contributed by atoms with van der Waals surface area (Å²) >= 11 is 0. The van der Waals surface area contributed by atoms with Crippen molar-refractivity contribution >= 4 is 11.7 Å². The Bertz CT molecular complexity index is 598. The fourth-order valence-corrected chi connectivity index (χ4v) is 3.47. The molecule has 23 heavy (non-hydrogen) atoms. The van der Waals surface area contributed by atoms with Gasteiger partial charge in [0.2, 0.25) is 5.91 Å². The van der Waals surface area contributed by atoms with Gasteiger partial charge in [-0.05, 0) is 55.9 Å². The molecule has 0 spiro atoms.